The molecule has 1 aromatic heterocycles. The van der Waals surface area contributed by atoms with Gasteiger partial charge in [-0.25, -0.2) is 9.78 Å². The maximum atomic E-state index is 11.1. The number of carboxylic acids is 1. The van der Waals surface area contributed by atoms with Crippen molar-refractivity contribution in [3.63, 3.8) is 0 Å². The van der Waals surface area contributed by atoms with Crippen LogP contribution in [0.3, 0.4) is 0 Å². The summed E-state index contributed by atoms with van der Waals surface area (Å²) >= 11 is 6.12. The van der Waals surface area contributed by atoms with Crippen molar-refractivity contribution in [3.8, 4) is 0 Å². The van der Waals surface area contributed by atoms with Crippen molar-refractivity contribution in [3.05, 3.63) is 58.9 Å². The quantitative estimate of drug-likeness (QED) is 0.895. The lowest BCUT2D eigenvalue weighted by Gasteiger charge is -2.17. The van der Waals surface area contributed by atoms with Gasteiger partial charge in [-0.1, -0.05) is 29.8 Å². The first-order valence-electron chi connectivity index (χ1n) is 5.79. The summed E-state index contributed by atoms with van der Waals surface area (Å²) in [6.07, 6.45) is 1.45. The molecule has 0 spiro atoms. The molecule has 0 saturated carbocycles. The molecule has 19 heavy (non-hydrogen) atoms. The van der Waals surface area contributed by atoms with Gasteiger partial charge in [-0.15, -0.1) is 0 Å². The monoisotopic (exact) mass is 276 g/mol. The Hall–Kier alpha value is -2.07. The molecule has 0 radical (unpaired) electrons. The predicted molar refractivity (Wildman–Crippen MR) is 74.7 cm³/mol. The molecule has 1 atom stereocenters. The highest BCUT2D eigenvalue weighted by Crippen LogP contribution is 2.26. The molecule has 0 bridgehead atoms. The van der Waals surface area contributed by atoms with E-state index >= 15 is 0 Å². The normalized spacial score (nSPS) is 11.9. The van der Waals surface area contributed by atoms with Gasteiger partial charge in [-0.2, -0.15) is 0 Å². The number of anilines is 1. The van der Waals surface area contributed by atoms with E-state index in [1.807, 2.05) is 25.1 Å². The first-order chi connectivity index (χ1) is 9.09. The van der Waals surface area contributed by atoms with Gasteiger partial charge in [0.1, 0.15) is 0 Å². The Balaban J connectivity index is 2.27. The topological polar surface area (TPSA) is 62.2 Å². The van der Waals surface area contributed by atoms with Crippen molar-refractivity contribution in [2.75, 3.05) is 5.32 Å². The SMILES string of the molecule is CC(Nc1cccnc1C(=O)O)c1ccccc1Cl. The van der Waals surface area contributed by atoms with Crippen LogP contribution in [0.2, 0.25) is 5.02 Å². The van der Waals surface area contributed by atoms with Crippen LogP contribution < -0.4 is 5.32 Å². The van der Waals surface area contributed by atoms with Gasteiger partial charge in [0.25, 0.3) is 0 Å². The van der Waals surface area contributed by atoms with Crippen LogP contribution >= 0.6 is 11.6 Å². The van der Waals surface area contributed by atoms with Crippen molar-refractivity contribution in [2.45, 2.75) is 13.0 Å². The largest absolute Gasteiger partial charge is 0.476 e. The fourth-order valence-corrected chi connectivity index (χ4v) is 2.13. The van der Waals surface area contributed by atoms with Crippen molar-refractivity contribution in [2.24, 2.45) is 0 Å². The highest BCUT2D eigenvalue weighted by atomic mass is 35.5. The van der Waals surface area contributed by atoms with Crippen LogP contribution in [0.4, 0.5) is 5.69 Å². The molecule has 0 aliphatic heterocycles. The van der Waals surface area contributed by atoms with Gasteiger partial charge in [-0.05, 0) is 30.7 Å². The minimum Gasteiger partial charge on any atom is -0.476 e. The molecular formula is C14H13ClN2O2. The number of halogens is 1. The second-order valence-electron chi connectivity index (χ2n) is 4.09. The fourth-order valence-electron chi connectivity index (χ4n) is 1.83. The van der Waals surface area contributed by atoms with E-state index in [2.05, 4.69) is 10.3 Å². The number of nitrogens with zero attached hydrogens (tertiary/aromatic N) is 1. The van der Waals surface area contributed by atoms with Crippen molar-refractivity contribution in [1.29, 1.82) is 0 Å². The van der Waals surface area contributed by atoms with Gasteiger partial charge < -0.3 is 10.4 Å². The fraction of sp³-hybridized carbons (Fsp3) is 0.143. The summed E-state index contributed by atoms with van der Waals surface area (Å²) in [5.41, 5.74) is 1.38. The Kier molecular flexibility index (Phi) is 4.02. The molecule has 0 amide bonds. The molecule has 0 aliphatic carbocycles. The van der Waals surface area contributed by atoms with Gasteiger partial charge in [0.2, 0.25) is 0 Å². The highest BCUT2D eigenvalue weighted by Gasteiger charge is 2.14. The molecule has 0 saturated heterocycles. The third-order valence-electron chi connectivity index (χ3n) is 2.75. The van der Waals surface area contributed by atoms with Gasteiger partial charge >= 0.3 is 5.97 Å². The molecule has 0 aliphatic rings. The first kappa shape index (κ1) is 13.4. The molecule has 4 nitrogen and oxygen atoms in total. The zero-order valence-electron chi connectivity index (χ0n) is 10.3. The van der Waals surface area contributed by atoms with Crippen molar-refractivity contribution in [1.82, 2.24) is 4.98 Å². The summed E-state index contributed by atoms with van der Waals surface area (Å²) in [6.45, 7) is 1.92. The predicted octanol–water partition coefficient (Wildman–Crippen LogP) is 3.61. The van der Waals surface area contributed by atoms with E-state index in [9.17, 15) is 4.79 Å². The Morgan fingerprint density at radius 2 is 2.05 bits per heavy atom. The van der Waals surface area contributed by atoms with Crippen LogP contribution in [-0.4, -0.2) is 16.1 Å². The van der Waals surface area contributed by atoms with Gasteiger partial charge in [-0.3, -0.25) is 0 Å². The highest BCUT2D eigenvalue weighted by molar-refractivity contribution is 6.31. The summed E-state index contributed by atoms with van der Waals surface area (Å²) in [7, 11) is 0. The molecular weight excluding hydrogens is 264 g/mol. The summed E-state index contributed by atoms with van der Waals surface area (Å²) < 4.78 is 0. The number of nitrogens with one attached hydrogen (secondary N) is 1. The van der Waals surface area contributed by atoms with Crippen molar-refractivity contribution < 1.29 is 9.90 Å². The molecule has 1 aromatic carbocycles. The van der Waals surface area contributed by atoms with E-state index in [0.29, 0.717) is 10.7 Å². The molecule has 5 heteroatoms. The Morgan fingerprint density at radius 1 is 1.32 bits per heavy atom. The molecule has 0 fully saturated rings. The van der Waals surface area contributed by atoms with Gasteiger partial charge in [0.05, 0.1) is 11.7 Å². The summed E-state index contributed by atoms with van der Waals surface area (Å²) in [6, 6.07) is 10.7. The lowest BCUT2D eigenvalue weighted by molar-refractivity contribution is 0.0691. The van der Waals surface area contributed by atoms with E-state index in [-0.39, 0.29) is 11.7 Å². The number of aromatic nitrogens is 1. The molecule has 2 aromatic rings. The Morgan fingerprint density at radius 3 is 2.74 bits per heavy atom. The molecule has 98 valence electrons. The lowest BCUT2D eigenvalue weighted by Crippen LogP contribution is -2.12. The number of aromatic carboxylic acids is 1. The van der Waals surface area contributed by atoms with Crippen LogP contribution in [0.5, 0.6) is 0 Å². The molecule has 2 rings (SSSR count). The minimum absolute atomic E-state index is 0.00130. The van der Waals surface area contributed by atoms with Gasteiger partial charge in [0, 0.05) is 11.2 Å². The number of hydrogen-bond acceptors (Lipinski definition) is 3. The van der Waals surface area contributed by atoms with Crippen molar-refractivity contribution >= 4 is 23.3 Å². The third-order valence-corrected chi connectivity index (χ3v) is 3.10. The number of rotatable bonds is 4. The van der Waals surface area contributed by atoms with Crippen LogP contribution in [0, 0.1) is 0 Å². The smallest absolute Gasteiger partial charge is 0.356 e. The standard InChI is InChI=1S/C14H13ClN2O2/c1-9(10-5-2-3-6-11(10)15)17-12-7-4-8-16-13(12)14(18)19/h2-9,17H,1H3,(H,18,19). The number of benzene rings is 1. The summed E-state index contributed by atoms with van der Waals surface area (Å²) in [5, 5.41) is 12.8. The van der Waals surface area contributed by atoms with E-state index in [1.165, 1.54) is 6.20 Å². The number of hydrogen-bond donors (Lipinski definition) is 2. The van der Waals surface area contributed by atoms with Crippen LogP contribution in [0.25, 0.3) is 0 Å². The van der Waals surface area contributed by atoms with E-state index in [0.717, 1.165) is 5.56 Å². The third kappa shape index (κ3) is 3.03. The van der Waals surface area contributed by atoms with E-state index < -0.39 is 5.97 Å². The van der Waals surface area contributed by atoms with Crippen LogP contribution in [0.15, 0.2) is 42.6 Å². The number of pyridine rings is 1. The average molecular weight is 277 g/mol. The zero-order chi connectivity index (χ0) is 13.8. The molecule has 1 unspecified atom stereocenters. The number of carboxylic acid groups (broad SMARTS) is 1. The van der Waals surface area contributed by atoms with Crippen LogP contribution in [0.1, 0.15) is 29.0 Å². The van der Waals surface area contributed by atoms with E-state index in [4.69, 9.17) is 16.7 Å². The first-order valence-corrected chi connectivity index (χ1v) is 6.16. The molecule has 1 heterocycles. The van der Waals surface area contributed by atoms with Gasteiger partial charge in [0.15, 0.2) is 5.69 Å². The molecule has 2 N–H and O–H groups in total. The van der Waals surface area contributed by atoms with E-state index in [1.54, 1.807) is 18.2 Å². The summed E-state index contributed by atoms with van der Waals surface area (Å²) in [4.78, 5) is 14.9. The minimum atomic E-state index is -1.06. The maximum absolute atomic E-state index is 11.1. The van der Waals surface area contributed by atoms with Crippen LogP contribution in [-0.2, 0) is 0 Å². The number of carbonyl (C=O) groups is 1. The second-order valence-corrected chi connectivity index (χ2v) is 4.50. The Labute approximate surface area is 116 Å². The average Bonchev–Trinajstić information content (AvgIpc) is 2.39. The zero-order valence-corrected chi connectivity index (χ0v) is 11.1. The Bertz CT molecular complexity index is 602. The maximum Gasteiger partial charge on any atom is 0.356 e. The second kappa shape index (κ2) is 5.71. The lowest BCUT2D eigenvalue weighted by atomic mass is 10.1. The summed E-state index contributed by atoms with van der Waals surface area (Å²) in [5.74, 6) is -1.06.